The summed E-state index contributed by atoms with van der Waals surface area (Å²) in [6.07, 6.45) is -15.4. The van der Waals surface area contributed by atoms with Gasteiger partial charge in [-0.05, 0) is 0 Å². The van der Waals surface area contributed by atoms with Gasteiger partial charge in [-0.15, -0.1) is 0 Å². The smallest absolute Gasteiger partial charge is 0.550 e. The molecule has 4 N–H and O–H groups in total. The average molecular weight is 826 g/mol. The van der Waals surface area contributed by atoms with Gasteiger partial charge in [0.15, 0.2) is 10.7 Å². The van der Waals surface area contributed by atoms with Crippen LogP contribution in [-0.2, 0) is 96.0 Å². The van der Waals surface area contributed by atoms with E-state index in [4.69, 9.17) is 19.6 Å². The van der Waals surface area contributed by atoms with Crippen LogP contribution in [0.15, 0.2) is 0 Å². The Labute approximate surface area is 276 Å². The number of hydrogen-bond acceptors (Lipinski definition) is 20. The molecule has 0 aromatic carbocycles. The Kier molecular flexibility index (Phi) is 26.2. The molecule has 0 fully saturated rings. The van der Waals surface area contributed by atoms with E-state index in [9.17, 15) is 68.5 Å². The standard InChI is InChI=1S/2C7H11O12P.3Zn/c2*8-4(9)17-2-1-7(19-6(12)13,20(14,15)16)3-18-5(10)11;;;/h2*1-3H2,(H,8,9)(H,10,11)(H,12,13)(H2,14,15,16);;;/q;;3*+2/p-6. The fraction of sp³-hybridized carbons (Fsp3) is 0.571. The molecule has 29 heteroatoms. The van der Waals surface area contributed by atoms with Crippen molar-refractivity contribution in [1.82, 2.24) is 0 Å². The van der Waals surface area contributed by atoms with Crippen LogP contribution in [0.3, 0.4) is 0 Å². The van der Waals surface area contributed by atoms with Crippen LogP contribution in [0.5, 0.6) is 0 Å². The first-order valence-electron chi connectivity index (χ1n) is 9.26. The molecule has 0 heterocycles. The summed E-state index contributed by atoms with van der Waals surface area (Å²) in [5.41, 5.74) is 0. The third-order valence-electron chi connectivity index (χ3n) is 3.86. The van der Waals surface area contributed by atoms with Crippen molar-refractivity contribution in [2.45, 2.75) is 23.5 Å². The largest absolute Gasteiger partial charge is 2.00 e. The fourth-order valence-corrected chi connectivity index (χ4v) is 3.74. The van der Waals surface area contributed by atoms with Gasteiger partial charge in [-0.1, -0.05) is 0 Å². The predicted molar refractivity (Wildman–Crippen MR) is 97.1 cm³/mol. The predicted octanol–water partition coefficient (Wildman–Crippen LogP) is -7.35. The van der Waals surface area contributed by atoms with E-state index < -0.39 is 102 Å². The van der Waals surface area contributed by atoms with Crippen molar-refractivity contribution in [2.75, 3.05) is 26.4 Å². The van der Waals surface area contributed by atoms with Crippen LogP contribution in [0.25, 0.3) is 0 Å². The summed E-state index contributed by atoms with van der Waals surface area (Å²) in [4.78, 5) is 97.0. The van der Waals surface area contributed by atoms with Gasteiger partial charge < -0.3 is 107 Å². The summed E-state index contributed by atoms with van der Waals surface area (Å²) in [5.74, 6) is 0. The number of carbonyl (C=O) groups is 6. The Morgan fingerprint density at radius 3 is 0.884 bits per heavy atom. The van der Waals surface area contributed by atoms with Crippen LogP contribution >= 0.6 is 15.2 Å². The zero-order valence-electron chi connectivity index (χ0n) is 21.2. The van der Waals surface area contributed by atoms with Gasteiger partial charge in [0.25, 0.3) is 36.9 Å². The van der Waals surface area contributed by atoms with E-state index in [-0.39, 0.29) is 58.4 Å². The second-order valence-corrected chi connectivity index (χ2v) is 10.3. The minimum atomic E-state index is -5.43. The molecule has 0 spiro atoms. The maximum Gasteiger partial charge on any atom is 2.00 e. The molecule has 0 aromatic heterocycles. The Morgan fingerprint density at radius 1 is 0.488 bits per heavy atom. The Bertz CT molecular complexity index is 947. The van der Waals surface area contributed by atoms with E-state index >= 15 is 0 Å². The summed E-state index contributed by atoms with van der Waals surface area (Å²) in [5, 5.41) is 54.8. The summed E-state index contributed by atoms with van der Waals surface area (Å²) < 4.78 is 45.4. The molecule has 0 amide bonds. The van der Waals surface area contributed by atoms with Crippen molar-refractivity contribution in [3.05, 3.63) is 0 Å². The van der Waals surface area contributed by atoms with E-state index in [0.717, 1.165) is 0 Å². The molecule has 0 saturated carbocycles. The molecule has 2 atom stereocenters. The Balaban J connectivity index is -0.000000209. The van der Waals surface area contributed by atoms with Crippen molar-refractivity contribution < 1.29 is 175 Å². The number of rotatable bonds is 14. The first kappa shape index (κ1) is 50.4. The van der Waals surface area contributed by atoms with E-state index in [0.29, 0.717) is 0 Å². The molecule has 0 saturated heterocycles. The SMILES string of the molecule is O=C([O-])OCCC(COC(=O)[O-])(OC(=O)[O-])P(=O)(O)O.O=C([O-])OCCC(COC(=O)[O-])(OC(=O)[O-])P(=O)(O)O.[Zn+2].[Zn+2].[Zn+2]. The van der Waals surface area contributed by atoms with Gasteiger partial charge in [-0.25, -0.2) is 0 Å². The molecule has 0 aliphatic rings. The van der Waals surface area contributed by atoms with Gasteiger partial charge in [0.1, 0.15) is 0 Å². The first-order chi connectivity index (χ1) is 18.0. The maximum atomic E-state index is 11.2. The van der Waals surface area contributed by atoms with Gasteiger partial charge in [-0.2, -0.15) is 0 Å². The molecule has 232 valence electrons. The number of hydrogen-bond donors (Lipinski definition) is 4. The van der Waals surface area contributed by atoms with Crippen molar-refractivity contribution in [3.63, 3.8) is 0 Å². The second-order valence-electron chi connectivity index (χ2n) is 6.46. The van der Waals surface area contributed by atoms with E-state index in [2.05, 4.69) is 28.4 Å². The number of ether oxygens (including phenoxy) is 6. The molecule has 0 aliphatic carbocycles. The van der Waals surface area contributed by atoms with E-state index in [1.165, 1.54) is 0 Å². The van der Waals surface area contributed by atoms with Crippen molar-refractivity contribution in [2.24, 2.45) is 0 Å². The zero-order chi connectivity index (χ0) is 31.9. The monoisotopic (exact) mass is 822 g/mol. The number of carbonyl (C=O) groups excluding carboxylic acids is 6. The molecule has 24 nitrogen and oxygen atoms in total. The fourth-order valence-electron chi connectivity index (χ4n) is 2.13. The maximum absolute atomic E-state index is 11.2. The van der Waals surface area contributed by atoms with Gasteiger partial charge >= 0.3 is 73.6 Å². The van der Waals surface area contributed by atoms with Crippen LogP contribution < -0.4 is 30.6 Å². The normalized spacial score (nSPS) is 12.9. The molecule has 0 aliphatic heterocycles. The van der Waals surface area contributed by atoms with E-state index in [1.807, 2.05) is 0 Å². The molecule has 0 aromatic rings. The summed E-state index contributed by atoms with van der Waals surface area (Å²) in [6.45, 7) is -4.83. The van der Waals surface area contributed by atoms with Crippen LogP contribution in [-0.4, -0.2) is 93.6 Å². The summed E-state index contributed by atoms with van der Waals surface area (Å²) in [6, 6.07) is 0. The van der Waals surface area contributed by atoms with Crippen LogP contribution in [0.4, 0.5) is 28.8 Å². The molecule has 0 radical (unpaired) electrons. The van der Waals surface area contributed by atoms with E-state index in [1.54, 1.807) is 0 Å². The van der Waals surface area contributed by atoms with Crippen molar-refractivity contribution >= 4 is 52.1 Å². The third kappa shape index (κ3) is 21.2. The first-order valence-corrected chi connectivity index (χ1v) is 12.5. The zero-order valence-corrected chi connectivity index (χ0v) is 31.9. The minimum absolute atomic E-state index is 0. The minimum Gasteiger partial charge on any atom is -0.550 e. The molecule has 43 heavy (non-hydrogen) atoms. The Hall–Kier alpha value is -2.21. The van der Waals surface area contributed by atoms with Crippen molar-refractivity contribution in [1.29, 1.82) is 0 Å². The van der Waals surface area contributed by atoms with Gasteiger partial charge in [0.05, 0.1) is 13.2 Å². The third-order valence-corrected chi connectivity index (χ3v) is 6.88. The van der Waals surface area contributed by atoms with Crippen LogP contribution in [0.1, 0.15) is 12.8 Å². The summed E-state index contributed by atoms with van der Waals surface area (Å²) in [7, 11) is -10.9. The molecular formula is C14H16O24P2Zn3. The topological polar surface area (TPSA) is 411 Å². The van der Waals surface area contributed by atoms with Gasteiger partial charge in [0.2, 0.25) is 0 Å². The van der Waals surface area contributed by atoms with Crippen LogP contribution in [0.2, 0.25) is 0 Å². The Morgan fingerprint density at radius 2 is 0.721 bits per heavy atom. The molecular weight excluding hydrogens is 810 g/mol. The van der Waals surface area contributed by atoms with Crippen molar-refractivity contribution in [3.8, 4) is 0 Å². The molecule has 2 unspecified atom stereocenters. The summed E-state index contributed by atoms with van der Waals surface area (Å²) >= 11 is 0. The second kappa shape index (κ2) is 22.3. The van der Waals surface area contributed by atoms with Gasteiger partial charge in [0, 0.05) is 26.1 Å². The number of carboxylic acid groups (broad SMARTS) is 6. The molecule has 0 bridgehead atoms. The average Bonchev–Trinajstić information content (AvgIpc) is 2.73. The quantitative estimate of drug-likeness (QED) is 0.0547. The van der Waals surface area contributed by atoms with Gasteiger partial charge in [-0.3, -0.25) is 9.13 Å². The molecule has 0 rings (SSSR count). The van der Waals surface area contributed by atoms with Crippen LogP contribution in [0, 0.1) is 0 Å².